The second-order valence-electron chi connectivity index (χ2n) is 9.11. The molecule has 0 unspecified atom stereocenters. The van der Waals surface area contributed by atoms with Gasteiger partial charge >= 0.3 is 14.4 Å². The van der Waals surface area contributed by atoms with Gasteiger partial charge in [-0.15, -0.1) is 0 Å². The maximum atomic E-state index is 4.77. The van der Waals surface area contributed by atoms with Gasteiger partial charge in [0.25, 0.3) is 0 Å². The standard InChI is InChI=1S/C15H14N.C12H18N.CH3.Al/c1-12-7-3-5-9-14(12)11-16-15-10-6-4-8-13(15)2;1-8(2)10-6-5-7-11(9(3)4)12(10)13;;/h3-11H,1H2,2H3;5-9,13H,1-4H3;1H3;/q;-1;;+1. The van der Waals surface area contributed by atoms with E-state index in [-0.39, 0.29) is 0 Å². The minimum absolute atomic E-state index is 0.510. The van der Waals surface area contributed by atoms with Gasteiger partial charge in [0, 0.05) is 11.9 Å². The molecule has 0 aliphatic heterocycles. The molecule has 0 spiro atoms. The fourth-order valence-corrected chi connectivity index (χ4v) is 6.00. The summed E-state index contributed by atoms with van der Waals surface area (Å²) in [7, 11) is 0. The molecule has 0 fully saturated rings. The molecule has 1 N–H and O–H groups in total. The van der Waals surface area contributed by atoms with Gasteiger partial charge in [0.05, 0.1) is 5.69 Å². The lowest BCUT2D eigenvalue weighted by Crippen LogP contribution is -2.26. The summed E-state index contributed by atoms with van der Waals surface area (Å²) >= 11 is -1.24. The van der Waals surface area contributed by atoms with Gasteiger partial charge in [0.1, 0.15) is 0 Å². The number of nitrogens with one attached hydrogen (secondary N) is 1. The van der Waals surface area contributed by atoms with Crippen molar-refractivity contribution in [3.05, 3.63) is 94.5 Å². The van der Waals surface area contributed by atoms with Crippen molar-refractivity contribution in [2.45, 2.75) is 57.5 Å². The van der Waals surface area contributed by atoms with Gasteiger partial charge < -0.3 is 4.30 Å². The van der Waals surface area contributed by atoms with E-state index in [1.54, 1.807) is 0 Å². The number of rotatable bonds is 8. The van der Waals surface area contributed by atoms with Crippen LogP contribution in [0, 0.1) is 6.92 Å². The van der Waals surface area contributed by atoms with E-state index >= 15 is 0 Å². The molecule has 3 heteroatoms. The van der Waals surface area contributed by atoms with Crippen LogP contribution in [0.15, 0.2) is 71.7 Å². The van der Waals surface area contributed by atoms with Crippen molar-refractivity contribution in [1.29, 1.82) is 0 Å². The molecule has 0 aliphatic rings. The Bertz CT molecular complexity index is 1010. The molecule has 0 heterocycles. The molecule has 0 saturated carbocycles. The molecule has 3 aromatic rings. The van der Waals surface area contributed by atoms with Crippen LogP contribution < -0.4 is 4.30 Å². The Morgan fingerprint density at radius 1 is 0.839 bits per heavy atom. The highest BCUT2D eigenvalue weighted by Gasteiger charge is 2.20. The minimum Gasteiger partial charge on any atom is -0.476 e. The number of para-hydroxylation sites is 2. The van der Waals surface area contributed by atoms with Crippen molar-refractivity contribution in [3.8, 4) is 0 Å². The summed E-state index contributed by atoms with van der Waals surface area (Å²) in [6.45, 7) is 11.3. The molecule has 0 amide bonds. The number of benzene rings is 3. The number of anilines is 1. The van der Waals surface area contributed by atoms with Crippen LogP contribution in [0.25, 0.3) is 0 Å². The maximum Gasteiger partial charge on any atom is 0.412 e. The van der Waals surface area contributed by atoms with Crippen LogP contribution in [0.3, 0.4) is 0 Å². The van der Waals surface area contributed by atoms with Crippen molar-refractivity contribution in [2.75, 3.05) is 4.30 Å². The van der Waals surface area contributed by atoms with Crippen LogP contribution in [0.4, 0.5) is 11.4 Å². The SMILES string of the molecule is Cc1ccccc1N=Cc1ccccc1[CH2][Al]([CH3])[NH]c1c(C(C)C)cccc1C(C)C. The molecule has 0 aliphatic carbocycles. The van der Waals surface area contributed by atoms with Gasteiger partial charge in [-0.05, 0) is 52.4 Å². The van der Waals surface area contributed by atoms with Crippen molar-refractivity contribution >= 4 is 32.0 Å². The number of aryl methyl sites for hydroxylation is 1. The summed E-state index contributed by atoms with van der Waals surface area (Å²) in [5.41, 5.74) is 9.06. The van der Waals surface area contributed by atoms with E-state index in [2.05, 4.69) is 105 Å². The van der Waals surface area contributed by atoms with E-state index in [0.29, 0.717) is 11.8 Å². The highest BCUT2D eigenvalue weighted by Crippen LogP contribution is 2.32. The zero-order chi connectivity index (χ0) is 22.4. The third-order valence-electron chi connectivity index (χ3n) is 5.80. The largest absolute Gasteiger partial charge is 0.476 e. The summed E-state index contributed by atoms with van der Waals surface area (Å²) in [6, 6.07) is 23.7. The molecule has 2 nitrogen and oxygen atoms in total. The third-order valence-corrected chi connectivity index (χ3v) is 7.64. The molecule has 0 radical (unpaired) electrons. The lowest BCUT2D eigenvalue weighted by molar-refractivity contribution is 0.839. The Balaban J connectivity index is 1.83. The van der Waals surface area contributed by atoms with Gasteiger partial charge in [-0.3, -0.25) is 4.99 Å². The number of hydrogen-bond acceptors (Lipinski definition) is 2. The van der Waals surface area contributed by atoms with E-state index in [1.807, 2.05) is 12.3 Å². The zero-order valence-electron chi connectivity index (χ0n) is 19.8. The lowest BCUT2D eigenvalue weighted by Gasteiger charge is -2.23. The number of nitrogens with zero attached hydrogens (tertiary/aromatic N) is 1. The average Bonchev–Trinajstić information content (AvgIpc) is 2.74. The Labute approximate surface area is 193 Å². The van der Waals surface area contributed by atoms with Crippen molar-refractivity contribution < 1.29 is 0 Å². The first kappa shape index (κ1) is 23.3. The first-order chi connectivity index (χ1) is 14.9. The van der Waals surface area contributed by atoms with Gasteiger partial charge in [0.15, 0.2) is 0 Å². The molecule has 0 saturated heterocycles. The summed E-state index contributed by atoms with van der Waals surface area (Å²) in [5.74, 6) is 3.43. The number of aliphatic imine (C=N–C) groups is 1. The Morgan fingerprint density at radius 2 is 1.45 bits per heavy atom. The van der Waals surface area contributed by atoms with Crippen LogP contribution in [0.5, 0.6) is 0 Å². The van der Waals surface area contributed by atoms with Crippen LogP contribution in [0.1, 0.15) is 67.3 Å². The molecule has 3 rings (SSSR count). The molecule has 31 heavy (non-hydrogen) atoms. The third kappa shape index (κ3) is 6.10. The van der Waals surface area contributed by atoms with Crippen LogP contribution in [0.2, 0.25) is 5.79 Å². The highest BCUT2D eigenvalue weighted by atomic mass is 27.2. The minimum atomic E-state index is -1.24. The Morgan fingerprint density at radius 3 is 2.10 bits per heavy atom. The highest BCUT2D eigenvalue weighted by molar-refractivity contribution is 6.60. The fraction of sp³-hybridized carbons (Fsp3) is 0.321. The smallest absolute Gasteiger partial charge is 0.412 e. The first-order valence-corrected chi connectivity index (χ1v) is 14.0. The van der Waals surface area contributed by atoms with Gasteiger partial charge in [-0.1, -0.05) is 99.7 Å². The maximum absolute atomic E-state index is 4.77. The van der Waals surface area contributed by atoms with Crippen molar-refractivity contribution in [2.24, 2.45) is 4.99 Å². The quantitative estimate of drug-likeness (QED) is 0.288. The monoisotopic (exact) mass is 426 g/mol. The van der Waals surface area contributed by atoms with E-state index in [9.17, 15) is 0 Å². The second-order valence-corrected chi connectivity index (χ2v) is 11.6. The van der Waals surface area contributed by atoms with E-state index in [1.165, 1.54) is 33.5 Å². The fourth-order valence-electron chi connectivity index (χ4n) is 4.04. The Hall–Kier alpha value is -2.34. The van der Waals surface area contributed by atoms with Crippen molar-refractivity contribution in [3.63, 3.8) is 0 Å². The Kier molecular flexibility index (Phi) is 8.13. The normalized spacial score (nSPS) is 11.5. The summed E-state index contributed by atoms with van der Waals surface area (Å²) in [4.78, 5) is 4.77. The van der Waals surface area contributed by atoms with Gasteiger partial charge in [0.2, 0.25) is 0 Å². The van der Waals surface area contributed by atoms with Gasteiger partial charge in [-0.2, -0.15) is 0 Å². The van der Waals surface area contributed by atoms with Crippen LogP contribution in [-0.4, -0.2) is 20.6 Å². The molecule has 0 bridgehead atoms. The van der Waals surface area contributed by atoms with Crippen LogP contribution in [-0.2, 0) is 5.28 Å². The molecule has 160 valence electrons. The molecular formula is C28H35AlN2. The van der Waals surface area contributed by atoms with Crippen molar-refractivity contribution in [1.82, 2.24) is 0 Å². The first-order valence-electron chi connectivity index (χ1n) is 11.4. The summed E-state index contributed by atoms with van der Waals surface area (Å²) < 4.78 is 3.99. The topological polar surface area (TPSA) is 24.4 Å². The van der Waals surface area contributed by atoms with E-state index < -0.39 is 14.4 Å². The summed E-state index contributed by atoms with van der Waals surface area (Å²) in [6.07, 6.45) is 2.03. The zero-order valence-corrected chi connectivity index (χ0v) is 21.0. The van der Waals surface area contributed by atoms with Gasteiger partial charge in [-0.25, -0.2) is 0 Å². The second kappa shape index (κ2) is 10.8. The van der Waals surface area contributed by atoms with E-state index in [0.717, 1.165) is 11.0 Å². The molecule has 0 atom stereocenters. The number of hydrogen-bond donors (Lipinski definition) is 1. The lowest BCUT2D eigenvalue weighted by atomic mass is 9.93. The predicted octanol–water partition coefficient (Wildman–Crippen LogP) is 7.81. The van der Waals surface area contributed by atoms with E-state index in [4.69, 9.17) is 4.99 Å². The average molecular weight is 427 g/mol. The van der Waals surface area contributed by atoms with Crippen LogP contribution >= 0.6 is 0 Å². The summed E-state index contributed by atoms with van der Waals surface area (Å²) in [5, 5.41) is 1.08. The predicted molar refractivity (Wildman–Crippen MR) is 138 cm³/mol. The molecular weight excluding hydrogens is 391 g/mol. The molecule has 3 aromatic carbocycles. The molecule has 0 aromatic heterocycles.